The average Bonchev–Trinajstić information content (AvgIpc) is 2.43. The van der Waals surface area contributed by atoms with Crippen LogP contribution in [0.1, 0.15) is 25.8 Å². The molecule has 2 N–H and O–H groups in total. The van der Waals surface area contributed by atoms with Crippen LogP contribution < -0.4 is 15.4 Å². The Labute approximate surface area is 123 Å². The zero-order valence-corrected chi connectivity index (χ0v) is 13.5. The highest BCUT2D eigenvalue weighted by atomic mass is 79.9. The van der Waals surface area contributed by atoms with Gasteiger partial charge in [0.25, 0.3) is 0 Å². The second kappa shape index (κ2) is 8.04. The van der Waals surface area contributed by atoms with Crippen molar-refractivity contribution in [2.45, 2.75) is 32.9 Å². The third kappa shape index (κ3) is 5.11. The molecule has 1 aromatic carbocycles. The van der Waals surface area contributed by atoms with Gasteiger partial charge in [0.2, 0.25) is 0 Å². The Bertz CT molecular complexity index is 435. The monoisotopic (exact) mass is 327 g/mol. The number of guanidine groups is 1. The van der Waals surface area contributed by atoms with Crippen LogP contribution >= 0.6 is 15.9 Å². The van der Waals surface area contributed by atoms with E-state index in [2.05, 4.69) is 45.4 Å². The Morgan fingerprint density at radius 2 is 2.21 bits per heavy atom. The summed E-state index contributed by atoms with van der Waals surface area (Å²) >= 11 is 3.48. The molecule has 1 unspecified atom stereocenters. The minimum atomic E-state index is 0.411. The van der Waals surface area contributed by atoms with E-state index in [-0.39, 0.29) is 0 Å². The van der Waals surface area contributed by atoms with Gasteiger partial charge >= 0.3 is 0 Å². The molecule has 0 saturated heterocycles. The molecule has 4 nitrogen and oxygen atoms in total. The van der Waals surface area contributed by atoms with Crippen LogP contribution in [0.4, 0.5) is 0 Å². The molecule has 1 aromatic rings. The van der Waals surface area contributed by atoms with Crippen molar-refractivity contribution in [2.75, 3.05) is 14.2 Å². The SMILES string of the molecule is CCC(C)NC(=NC)NCc1ccc(OC)c(Br)c1. The summed E-state index contributed by atoms with van der Waals surface area (Å²) in [6.07, 6.45) is 1.06. The lowest BCUT2D eigenvalue weighted by atomic mass is 10.2. The van der Waals surface area contributed by atoms with Crippen molar-refractivity contribution in [3.05, 3.63) is 28.2 Å². The number of nitrogens with zero attached hydrogens (tertiary/aromatic N) is 1. The van der Waals surface area contributed by atoms with Gasteiger partial charge in [-0.1, -0.05) is 13.0 Å². The topological polar surface area (TPSA) is 45.7 Å². The Morgan fingerprint density at radius 3 is 2.74 bits per heavy atom. The summed E-state index contributed by atoms with van der Waals surface area (Å²) in [4.78, 5) is 4.21. The quantitative estimate of drug-likeness (QED) is 0.645. The van der Waals surface area contributed by atoms with Crippen LogP contribution in [0, 0.1) is 0 Å². The molecule has 19 heavy (non-hydrogen) atoms. The third-order valence-corrected chi connectivity index (χ3v) is 3.51. The zero-order chi connectivity index (χ0) is 14.3. The van der Waals surface area contributed by atoms with Gasteiger partial charge in [-0.25, -0.2) is 0 Å². The Hall–Kier alpha value is -1.23. The number of hydrogen-bond acceptors (Lipinski definition) is 2. The molecular formula is C14H22BrN3O. The Kier molecular flexibility index (Phi) is 6.70. The maximum absolute atomic E-state index is 5.21. The highest BCUT2D eigenvalue weighted by Crippen LogP contribution is 2.25. The highest BCUT2D eigenvalue weighted by molar-refractivity contribution is 9.10. The molecule has 0 bridgehead atoms. The van der Waals surface area contributed by atoms with Crippen LogP contribution in [-0.4, -0.2) is 26.2 Å². The summed E-state index contributed by atoms with van der Waals surface area (Å²) < 4.78 is 6.17. The van der Waals surface area contributed by atoms with Crippen LogP contribution in [0.2, 0.25) is 0 Å². The fourth-order valence-electron chi connectivity index (χ4n) is 1.54. The van der Waals surface area contributed by atoms with Crippen LogP contribution in [0.5, 0.6) is 5.75 Å². The van der Waals surface area contributed by atoms with Gasteiger partial charge in [0.05, 0.1) is 11.6 Å². The lowest BCUT2D eigenvalue weighted by Crippen LogP contribution is -2.41. The molecule has 0 radical (unpaired) electrons. The van der Waals surface area contributed by atoms with Gasteiger partial charge in [-0.2, -0.15) is 0 Å². The first-order chi connectivity index (χ1) is 9.10. The number of methoxy groups -OCH3 is 1. The Balaban J connectivity index is 2.58. The molecule has 5 heteroatoms. The van der Waals surface area contributed by atoms with Crippen molar-refractivity contribution in [1.29, 1.82) is 0 Å². The summed E-state index contributed by atoms with van der Waals surface area (Å²) in [5.74, 6) is 1.66. The number of aliphatic imine (C=N–C) groups is 1. The lowest BCUT2D eigenvalue weighted by Gasteiger charge is -2.16. The predicted molar refractivity (Wildman–Crippen MR) is 83.8 cm³/mol. The molecule has 0 aromatic heterocycles. The smallest absolute Gasteiger partial charge is 0.191 e. The number of benzene rings is 1. The van der Waals surface area contributed by atoms with Crippen LogP contribution in [0.25, 0.3) is 0 Å². The van der Waals surface area contributed by atoms with Crippen molar-refractivity contribution < 1.29 is 4.74 Å². The summed E-state index contributed by atoms with van der Waals surface area (Å²) in [6, 6.07) is 6.44. The van der Waals surface area contributed by atoms with E-state index in [1.807, 2.05) is 18.2 Å². The first-order valence-corrected chi connectivity index (χ1v) is 7.19. The molecular weight excluding hydrogens is 306 g/mol. The molecule has 0 fully saturated rings. The second-order valence-corrected chi connectivity index (χ2v) is 5.20. The van der Waals surface area contributed by atoms with Gasteiger partial charge in [-0.15, -0.1) is 0 Å². The van der Waals surface area contributed by atoms with E-state index < -0.39 is 0 Å². The molecule has 0 aliphatic rings. The fraction of sp³-hybridized carbons (Fsp3) is 0.500. The lowest BCUT2D eigenvalue weighted by molar-refractivity contribution is 0.412. The standard InChI is InChI=1S/C14H22BrN3O/c1-5-10(2)18-14(16-3)17-9-11-6-7-13(19-4)12(15)8-11/h6-8,10H,5,9H2,1-4H3,(H2,16,17,18). The van der Waals surface area contributed by atoms with Gasteiger partial charge in [0.15, 0.2) is 5.96 Å². The normalized spacial score (nSPS) is 13.0. The minimum absolute atomic E-state index is 0.411. The number of nitrogens with one attached hydrogen (secondary N) is 2. The predicted octanol–water partition coefficient (Wildman–Crippen LogP) is 2.92. The third-order valence-electron chi connectivity index (χ3n) is 2.90. The van der Waals surface area contributed by atoms with Crippen molar-refractivity contribution in [3.63, 3.8) is 0 Å². The molecule has 0 aliphatic carbocycles. The molecule has 1 atom stereocenters. The van der Waals surface area contributed by atoms with Gasteiger partial charge in [0.1, 0.15) is 5.75 Å². The first-order valence-electron chi connectivity index (χ1n) is 6.40. The largest absolute Gasteiger partial charge is 0.496 e. The van der Waals surface area contributed by atoms with Crippen LogP contribution in [-0.2, 0) is 6.54 Å². The summed E-state index contributed by atoms with van der Waals surface area (Å²) in [5.41, 5.74) is 1.17. The molecule has 0 heterocycles. The average molecular weight is 328 g/mol. The van der Waals surface area contributed by atoms with Crippen molar-refractivity contribution in [2.24, 2.45) is 4.99 Å². The van der Waals surface area contributed by atoms with E-state index in [1.54, 1.807) is 14.2 Å². The van der Waals surface area contributed by atoms with E-state index in [1.165, 1.54) is 5.56 Å². The van der Waals surface area contributed by atoms with E-state index >= 15 is 0 Å². The molecule has 0 aliphatic heterocycles. The van der Waals surface area contributed by atoms with E-state index in [9.17, 15) is 0 Å². The first kappa shape index (κ1) is 15.8. The van der Waals surface area contributed by atoms with Crippen molar-refractivity contribution in [1.82, 2.24) is 10.6 Å². The van der Waals surface area contributed by atoms with Gasteiger partial charge < -0.3 is 15.4 Å². The van der Waals surface area contributed by atoms with E-state index in [0.717, 1.165) is 29.1 Å². The zero-order valence-electron chi connectivity index (χ0n) is 12.0. The number of ether oxygens (including phenoxy) is 1. The number of hydrogen-bond donors (Lipinski definition) is 2. The summed E-state index contributed by atoms with van der Waals surface area (Å²) in [5, 5.41) is 6.62. The second-order valence-electron chi connectivity index (χ2n) is 4.35. The van der Waals surface area contributed by atoms with Crippen LogP contribution in [0.15, 0.2) is 27.7 Å². The summed E-state index contributed by atoms with van der Waals surface area (Å²) in [6.45, 7) is 5.00. The fourth-order valence-corrected chi connectivity index (χ4v) is 2.12. The van der Waals surface area contributed by atoms with Gasteiger partial charge in [-0.05, 0) is 47.0 Å². The number of rotatable bonds is 5. The molecule has 0 amide bonds. The minimum Gasteiger partial charge on any atom is -0.496 e. The van der Waals surface area contributed by atoms with Crippen LogP contribution in [0.3, 0.4) is 0 Å². The Morgan fingerprint density at radius 1 is 1.47 bits per heavy atom. The van der Waals surface area contributed by atoms with Crippen molar-refractivity contribution in [3.8, 4) is 5.75 Å². The van der Waals surface area contributed by atoms with Gasteiger partial charge in [-0.3, -0.25) is 4.99 Å². The molecule has 106 valence electrons. The van der Waals surface area contributed by atoms with Gasteiger partial charge in [0, 0.05) is 19.6 Å². The van der Waals surface area contributed by atoms with E-state index in [0.29, 0.717) is 6.04 Å². The molecule has 1 rings (SSSR count). The summed E-state index contributed by atoms with van der Waals surface area (Å²) in [7, 11) is 3.44. The maximum Gasteiger partial charge on any atom is 0.191 e. The highest BCUT2D eigenvalue weighted by Gasteiger charge is 2.04. The van der Waals surface area contributed by atoms with Crippen molar-refractivity contribution >= 4 is 21.9 Å². The number of halogens is 1. The maximum atomic E-state index is 5.21. The van der Waals surface area contributed by atoms with E-state index in [4.69, 9.17) is 4.74 Å². The molecule has 0 saturated carbocycles. The molecule has 0 spiro atoms.